The summed E-state index contributed by atoms with van der Waals surface area (Å²) in [5.74, 6) is -3.65. The maximum atomic E-state index is 9.10. The van der Waals surface area contributed by atoms with Crippen LogP contribution in [-0.4, -0.2) is 26.6 Å². The van der Waals surface area contributed by atoms with Gasteiger partial charge in [-0.2, -0.15) is 0 Å². The molecule has 0 saturated heterocycles. The van der Waals surface area contributed by atoms with E-state index in [2.05, 4.69) is 16.5 Å². The van der Waals surface area contributed by atoms with Crippen LogP contribution in [0.25, 0.3) is 5.52 Å². The molecule has 2 rings (SSSR count). The van der Waals surface area contributed by atoms with Crippen LogP contribution in [0.5, 0.6) is 0 Å². The van der Waals surface area contributed by atoms with Crippen LogP contribution in [0.15, 0.2) is 42.7 Å². The van der Waals surface area contributed by atoms with Gasteiger partial charge in [-0.3, -0.25) is 0 Å². The Morgan fingerprint density at radius 2 is 1.47 bits per heavy atom. The fourth-order valence-electron chi connectivity index (χ4n) is 0.980. The number of fused-ring (bicyclic) bond motifs is 1. The number of hydrogen-bond donors (Lipinski definition) is 2. The highest BCUT2D eigenvalue weighted by Crippen LogP contribution is 2.01. The van der Waals surface area contributed by atoms with Crippen molar-refractivity contribution in [2.45, 2.75) is 0 Å². The summed E-state index contributed by atoms with van der Waals surface area (Å²) >= 11 is 0. The maximum Gasteiger partial charge on any atom is 0.414 e. The summed E-state index contributed by atoms with van der Waals surface area (Å²) in [6, 6.07) is 10.3. The van der Waals surface area contributed by atoms with Gasteiger partial charge in [-0.05, 0) is 24.3 Å². The van der Waals surface area contributed by atoms with E-state index in [0.29, 0.717) is 0 Å². The van der Waals surface area contributed by atoms with Crippen molar-refractivity contribution in [1.82, 2.24) is 4.40 Å². The molecule has 5 heteroatoms. The number of pyridine rings is 1. The van der Waals surface area contributed by atoms with Crippen LogP contribution in [-0.2, 0) is 9.59 Å². The lowest BCUT2D eigenvalue weighted by atomic mass is 10.4. The molecule has 0 atom stereocenters. The molecule has 2 heterocycles. The molecule has 2 N–H and O–H groups in total. The van der Waals surface area contributed by atoms with E-state index in [1.807, 2.05) is 30.6 Å². The van der Waals surface area contributed by atoms with E-state index < -0.39 is 11.9 Å². The number of aliphatic carboxylic acids is 2. The van der Waals surface area contributed by atoms with Gasteiger partial charge in [0.15, 0.2) is 0 Å². The smallest absolute Gasteiger partial charge is 0.414 e. The van der Waals surface area contributed by atoms with Crippen molar-refractivity contribution in [3.63, 3.8) is 0 Å². The summed E-state index contributed by atoms with van der Waals surface area (Å²) in [6.45, 7) is 0. The molecule has 0 aromatic carbocycles. The zero-order valence-electron chi connectivity index (χ0n) is 7.70. The Balaban J connectivity index is 0.000000167. The first-order valence-electron chi connectivity index (χ1n) is 4.09. The van der Waals surface area contributed by atoms with E-state index in [1.165, 1.54) is 5.52 Å². The van der Waals surface area contributed by atoms with Gasteiger partial charge in [-0.15, -0.1) is 0 Å². The number of carbonyl (C=O) groups is 2. The summed E-state index contributed by atoms with van der Waals surface area (Å²) in [4.78, 5) is 18.2. The predicted octanol–water partition coefficient (Wildman–Crippen LogP) is 1.09. The van der Waals surface area contributed by atoms with Gasteiger partial charge in [0.2, 0.25) is 0 Å². The predicted molar refractivity (Wildman–Crippen MR) is 52.7 cm³/mol. The summed E-state index contributed by atoms with van der Waals surface area (Å²) in [7, 11) is 0. The van der Waals surface area contributed by atoms with Crippen LogP contribution in [0.4, 0.5) is 0 Å². The zero-order chi connectivity index (χ0) is 11.3. The molecule has 0 spiro atoms. The molecule has 15 heavy (non-hydrogen) atoms. The van der Waals surface area contributed by atoms with E-state index in [9.17, 15) is 0 Å². The molecule has 0 amide bonds. The largest absolute Gasteiger partial charge is 0.473 e. The number of aromatic nitrogens is 1. The lowest BCUT2D eigenvalue weighted by Gasteiger charge is -1.88. The molecular formula is C10H9NO4. The molecule has 5 nitrogen and oxygen atoms in total. The summed E-state index contributed by atoms with van der Waals surface area (Å²) in [6.07, 6.45) is 4.07. The van der Waals surface area contributed by atoms with Gasteiger partial charge in [0.1, 0.15) is 0 Å². The summed E-state index contributed by atoms with van der Waals surface area (Å²) in [5, 5.41) is 14.8. The molecule has 0 aliphatic heterocycles. The minimum Gasteiger partial charge on any atom is -0.473 e. The highest BCUT2D eigenvalue weighted by molar-refractivity contribution is 6.27. The van der Waals surface area contributed by atoms with Crippen molar-refractivity contribution >= 4 is 17.5 Å². The lowest BCUT2D eigenvalue weighted by molar-refractivity contribution is -0.159. The standard InChI is InChI=1S/C8H7N.C2H2O4/c1-2-6-9-7-3-5-8(9)4-1;3-1(4)2(5)6/h1-7H;(H,3,4)(H,5,6). The minimum atomic E-state index is -1.82. The van der Waals surface area contributed by atoms with Crippen molar-refractivity contribution in [2.75, 3.05) is 0 Å². The highest BCUT2D eigenvalue weighted by atomic mass is 16.4. The van der Waals surface area contributed by atoms with Gasteiger partial charge in [0.25, 0.3) is 0 Å². The second-order valence-corrected chi connectivity index (χ2v) is 2.65. The Hall–Kier alpha value is -2.30. The molecule has 0 aliphatic carbocycles. The molecule has 0 fully saturated rings. The first-order valence-corrected chi connectivity index (χ1v) is 4.09. The normalized spacial score (nSPS) is 9.07. The van der Waals surface area contributed by atoms with E-state index in [4.69, 9.17) is 19.8 Å². The fourth-order valence-corrected chi connectivity index (χ4v) is 0.980. The second-order valence-electron chi connectivity index (χ2n) is 2.65. The number of nitrogens with zero attached hydrogens (tertiary/aromatic N) is 1. The van der Waals surface area contributed by atoms with Crippen molar-refractivity contribution < 1.29 is 19.8 Å². The third kappa shape index (κ3) is 3.15. The Kier molecular flexibility index (Phi) is 3.45. The first kappa shape index (κ1) is 10.8. The fraction of sp³-hybridized carbons (Fsp3) is 0. The maximum absolute atomic E-state index is 9.10. The monoisotopic (exact) mass is 207 g/mol. The SMILES string of the molecule is O=C(O)C(=O)O.c1ccn2cccc2c1. The van der Waals surface area contributed by atoms with Crippen LogP contribution in [0.1, 0.15) is 0 Å². The van der Waals surface area contributed by atoms with Crippen LogP contribution in [0.3, 0.4) is 0 Å². The van der Waals surface area contributed by atoms with Gasteiger partial charge in [-0.25, -0.2) is 9.59 Å². The van der Waals surface area contributed by atoms with Crippen molar-refractivity contribution in [2.24, 2.45) is 0 Å². The number of carboxylic acids is 2. The van der Waals surface area contributed by atoms with E-state index in [-0.39, 0.29) is 0 Å². The van der Waals surface area contributed by atoms with Gasteiger partial charge in [0.05, 0.1) is 0 Å². The number of rotatable bonds is 0. The zero-order valence-corrected chi connectivity index (χ0v) is 7.70. The van der Waals surface area contributed by atoms with E-state index in [1.54, 1.807) is 0 Å². The van der Waals surface area contributed by atoms with Crippen LogP contribution in [0.2, 0.25) is 0 Å². The molecule has 0 aliphatic rings. The Labute approximate surface area is 85.2 Å². The number of carboxylic acid groups (broad SMARTS) is 2. The first-order chi connectivity index (χ1) is 7.11. The molecule has 0 saturated carbocycles. The van der Waals surface area contributed by atoms with Crippen LogP contribution < -0.4 is 0 Å². The second kappa shape index (κ2) is 4.80. The van der Waals surface area contributed by atoms with Crippen molar-refractivity contribution in [1.29, 1.82) is 0 Å². The average molecular weight is 207 g/mol. The molecule has 0 bridgehead atoms. The van der Waals surface area contributed by atoms with Gasteiger partial charge in [-0.1, -0.05) is 6.07 Å². The van der Waals surface area contributed by atoms with Gasteiger partial charge in [0, 0.05) is 17.9 Å². The third-order valence-corrected chi connectivity index (χ3v) is 1.62. The van der Waals surface area contributed by atoms with E-state index >= 15 is 0 Å². The van der Waals surface area contributed by atoms with Gasteiger partial charge < -0.3 is 14.6 Å². The van der Waals surface area contributed by atoms with Crippen LogP contribution in [0, 0.1) is 0 Å². The molecule has 2 aromatic heterocycles. The molecule has 0 unspecified atom stereocenters. The topological polar surface area (TPSA) is 79.0 Å². The quantitative estimate of drug-likeness (QED) is 0.634. The molecule has 2 aromatic rings. The average Bonchev–Trinajstić information content (AvgIpc) is 2.66. The highest BCUT2D eigenvalue weighted by Gasteiger charge is 2.04. The third-order valence-electron chi connectivity index (χ3n) is 1.62. The van der Waals surface area contributed by atoms with Crippen LogP contribution >= 0.6 is 0 Å². The Morgan fingerprint density at radius 1 is 0.933 bits per heavy atom. The Bertz CT molecular complexity index is 433. The molecule has 0 radical (unpaired) electrons. The van der Waals surface area contributed by atoms with E-state index in [0.717, 1.165) is 0 Å². The number of hydrogen-bond acceptors (Lipinski definition) is 2. The summed E-state index contributed by atoms with van der Waals surface area (Å²) in [5.41, 5.74) is 1.25. The van der Waals surface area contributed by atoms with Crippen molar-refractivity contribution in [3.8, 4) is 0 Å². The summed E-state index contributed by atoms with van der Waals surface area (Å²) < 4.78 is 2.08. The minimum absolute atomic E-state index is 1.25. The van der Waals surface area contributed by atoms with Gasteiger partial charge >= 0.3 is 11.9 Å². The lowest BCUT2D eigenvalue weighted by Crippen LogP contribution is -2.09. The van der Waals surface area contributed by atoms with Crippen molar-refractivity contribution in [3.05, 3.63) is 42.7 Å². The molecular weight excluding hydrogens is 198 g/mol. The Morgan fingerprint density at radius 3 is 2.00 bits per heavy atom. The molecule has 78 valence electrons.